The van der Waals surface area contributed by atoms with Crippen LogP contribution in [0.25, 0.3) is 0 Å². The second-order valence-corrected chi connectivity index (χ2v) is 12.4. The van der Waals surface area contributed by atoms with Crippen molar-refractivity contribution in [2.24, 2.45) is 0 Å². The minimum absolute atomic E-state index is 0.00193. The number of rotatable bonds is 33. The predicted octanol–water partition coefficient (Wildman–Crippen LogP) is 12.2. The highest BCUT2D eigenvalue weighted by Gasteiger charge is 2.14. The molecule has 1 N–H and O–H groups in total. The Kier molecular flexibility index (Phi) is 34.2. The van der Waals surface area contributed by atoms with Crippen molar-refractivity contribution in [1.82, 2.24) is 5.32 Å². The van der Waals surface area contributed by atoms with Crippen molar-refractivity contribution in [3.63, 3.8) is 0 Å². The minimum Gasteiger partial charge on any atom is -0.462 e. The van der Waals surface area contributed by atoms with E-state index in [1.807, 2.05) is 7.05 Å². The van der Waals surface area contributed by atoms with Crippen molar-refractivity contribution in [3.8, 4) is 0 Å². The summed E-state index contributed by atoms with van der Waals surface area (Å²) in [6.45, 7) is 5.43. The molecule has 0 rings (SSSR count). The predicted molar refractivity (Wildman–Crippen MR) is 183 cm³/mol. The molecule has 0 saturated carbocycles. The summed E-state index contributed by atoms with van der Waals surface area (Å²) in [5, 5.41) is 3.12. The maximum atomic E-state index is 12.4. The van der Waals surface area contributed by atoms with Gasteiger partial charge in [-0.1, -0.05) is 128 Å². The van der Waals surface area contributed by atoms with Crippen LogP contribution in [0.2, 0.25) is 0 Å². The lowest BCUT2D eigenvalue weighted by atomic mass is 10.0. The van der Waals surface area contributed by atoms with E-state index in [0.29, 0.717) is 6.42 Å². The highest BCUT2D eigenvalue weighted by molar-refractivity contribution is 5.69. The van der Waals surface area contributed by atoms with Crippen LogP contribution in [-0.2, 0) is 9.53 Å². The number of hydrogen-bond donors (Lipinski definition) is 1. The van der Waals surface area contributed by atoms with Crippen LogP contribution in [0.4, 0.5) is 0 Å². The van der Waals surface area contributed by atoms with Crippen LogP contribution in [0, 0.1) is 0 Å². The van der Waals surface area contributed by atoms with Crippen LogP contribution in [0.5, 0.6) is 0 Å². The zero-order valence-electron chi connectivity index (χ0n) is 28.2. The van der Waals surface area contributed by atoms with E-state index >= 15 is 0 Å². The quantitative estimate of drug-likeness (QED) is 0.0480. The van der Waals surface area contributed by atoms with E-state index in [1.165, 1.54) is 154 Å². The van der Waals surface area contributed by atoms with Crippen molar-refractivity contribution in [2.75, 3.05) is 13.6 Å². The number of carbonyl (C=O) groups excluding carboxylic acids is 1. The number of esters is 1. The molecule has 0 unspecified atom stereocenters. The molecule has 0 radical (unpaired) electrons. The van der Waals surface area contributed by atoms with E-state index in [-0.39, 0.29) is 12.1 Å². The monoisotopic (exact) mass is 576 g/mol. The first kappa shape index (κ1) is 39.9. The summed E-state index contributed by atoms with van der Waals surface area (Å²) in [4.78, 5) is 12.4. The summed E-state index contributed by atoms with van der Waals surface area (Å²) in [6, 6.07) is 0. The van der Waals surface area contributed by atoms with Crippen molar-refractivity contribution in [3.05, 3.63) is 24.3 Å². The molecule has 0 saturated heterocycles. The molecule has 0 amide bonds. The average Bonchev–Trinajstić information content (AvgIpc) is 2.97. The summed E-state index contributed by atoms with van der Waals surface area (Å²) in [5.74, 6) is 0.00193. The Hall–Kier alpha value is -1.09. The van der Waals surface area contributed by atoms with Gasteiger partial charge in [0.2, 0.25) is 0 Å². The molecular weight excluding hydrogens is 502 g/mol. The molecule has 0 aromatic rings. The fourth-order valence-corrected chi connectivity index (χ4v) is 5.45. The fourth-order valence-electron chi connectivity index (χ4n) is 5.45. The molecule has 0 aliphatic heterocycles. The number of allylic oxidation sites excluding steroid dienone is 4. The largest absolute Gasteiger partial charge is 0.462 e. The summed E-state index contributed by atoms with van der Waals surface area (Å²) in [7, 11) is 1.94. The molecule has 0 atom stereocenters. The van der Waals surface area contributed by atoms with Crippen molar-refractivity contribution in [1.29, 1.82) is 0 Å². The third kappa shape index (κ3) is 33.3. The molecule has 0 heterocycles. The minimum atomic E-state index is 0.00193. The molecule has 242 valence electrons. The highest BCUT2D eigenvalue weighted by Crippen LogP contribution is 2.18. The topological polar surface area (TPSA) is 38.3 Å². The van der Waals surface area contributed by atoms with Gasteiger partial charge in [-0.25, -0.2) is 0 Å². The zero-order valence-corrected chi connectivity index (χ0v) is 28.2. The molecular formula is C38H73NO2. The molecule has 3 heteroatoms. The maximum Gasteiger partial charge on any atom is 0.306 e. The lowest BCUT2D eigenvalue weighted by Gasteiger charge is -2.18. The molecule has 3 nitrogen and oxygen atoms in total. The van der Waals surface area contributed by atoms with Gasteiger partial charge in [0.15, 0.2) is 0 Å². The normalized spacial score (nSPS) is 11.9. The Balaban J connectivity index is 3.92. The Bertz CT molecular complexity index is 533. The van der Waals surface area contributed by atoms with E-state index in [1.54, 1.807) is 0 Å². The number of carbonyl (C=O) groups is 1. The third-order valence-corrected chi connectivity index (χ3v) is 8.18. The first-order valence-corrected chi connectivity index (χ1v) is 18.4. The Morgan fingerprint density at radius 3 is 1.29 bits per heavy atom. The van der Waals surface area contributed by atoms with Crippen LogP contribution in [0.1, 0.15) is 194 Å². The number of unbranched alkanes of at least 4 members (excludes halogenated alkanes) is 20. The SMILES string of the molecule is CCCCCC/C=C\CCCCCCCCC(CCCCCCCC/C=C\CCCCCC)OC(=O)CCCNC. The summed E-state index contributed by atoms with van der Waals surface area (Å²) in [5.41, 5.74) is 0. The standard InChI is InChI=1S/C38H73NO2/c1-4-6-8-10-12-14-16-18-20-22-24-26-28-30-33-37(41-38(40)35-32-36-39-3)34-31-29-27-25-23-21-19-17-15-13-11-9-7-5-2/h14-17,37,39H,4-13,18-36H2,1-3H3/b16-14-,17-15-. The van der Waals surface area contributed by atoms with E-state index in [2.05, 4.69) is 43.5 Å². The first-order chi connectivity index (χ1) is 20.2. The highest BCUT2D eigenvalue weighted by atomic mass is 16.5. The zero-order chi connectivity index (χ0) is 29.9. The van der Waals surface area contributed by atoms with Gasteiger partial charge in [0.1, 0.15) is 6.10 Å². The van der Waals surface area contributed by atoms with E-state index in [9.17, 15) is 4.79 Å². The van der Waals surface area contributed by atoms with Crippen LogP contribution >= 0.6 is 0 Å². The fraction of sp³-hybridized carbons (Fsp3) is 0.868. The van der Waals surface area contributed by atoms with Gasteiger partial charge < -0.3 is 10.1 Å². The van der Waals surface area contributed by atoms with E-state index in [0.717, 1.165) is 25.8 Å². The van der Waals surface area contributed by atoms with Crippen molar-refractivity contribution < 1.29 is 9.53 Å². The molecule has 41 heavy (non-hydrogen) atoms. The maximum absolute atomic E-state index is 12.4. The van der Waals surface area contributed by atoms with Gasteiger partial charge in [-0.15, -0.1) is 0 Å². The van der Waals surface area contributed by atoms with Crippen LogP contribution in [0.3, 0.4) is 0 Å². The molecule has 0 bridgehead atoms. The van der Waals surface area contributed by atoms with Crippen LogP contribution < -0.4 is 5.32 Å². The molecule has 0 fully saturated rings. The molecule has 0 aliphatic carbocycles. The number of hydrogen-bond acceptors (Lipinski definition) is 3. The van der Waals surface area contributed by atoms with Gasteiger partial charge >= 0.3 is 5.97 Å². The Labute approximate surface area is 258 Å². The van der Waals surface area contributed by atoms with Gasteiger partial charge in [0, 0.05) is 6.42 Å². The van der Waals surface area contributed by atoms with Crippen LogP contribution in [0.15, 0.2) is 24.3 Å². The summed E-state index contributed by atoms with van der Waals surface area (Å²) < 4.78 is 5.94. The second-order valence-electron chi connectivity index (χ2n) is 12.4. The third-order valence-electron chi connectivity index (χ3n) is 8.18. The first-order valence-electron chi connectivity index (χ1n) is 18.4. The molecule has 0 aromatic carbocycles. The smallest absolute Gasteiger partial charge is 0.306 e. The second kappa shape index (κ2) is 35.1. The molecule has 0 aromatic heterocycles. The van der Waals surface area contributed by atoms with Crippen LogP contribution in [-0.4, -0.2) is 25.7 Å². The van der Waals surface area contributed by atoms with Gasteiger partial charge in [-0.2, -0.15) is 0 Å². The average molecular weight is 576 g/mol. The number of ether oxygens (including phenoxy) is 1. The van der Waals surface area contributed by atoms with E-state index in [4.69, 9.17) is 4.74 Å². The van der Waals surface area contributed by atoms with Gasteiger partial charge in [0.25, 0.3) is 0 Å². The Morgan fingerprint density at radius 2 is 0.902 bits per heavy atom. The molecule has 0 spiro atoms. The van der Waals surface area contributed by atoms with Gasteiger partial charge in [0.05, 0.1) is 0 Å². The van der Waals surface area contributed by atoms with Gasteiger partial charge in [-0.3, -0.25) is 4.79 Å². The lowest BCUT2D eigenvalue weighted by molar-refractivity contribution is -0.150. The Morgan fingerprint density at radius 1 is 0.537 bits per heavy atom. The van der Waals surface area contributed by atoms with Crippen molar-refractivity contribution >= 4 is 5.97 Å². The van der Waals surface area contributed by atoms with Crippen molar-refractivity contribution in [2.45, 2.75) is 200 Å². The van der Waals surface area contributed by atoms with E-state index < -0.39 is 0 Å². The number of nitrogens with one attached hydrogen (secondary N) is 1. The lowest BCUT2D eigenvalue weighted by Crippen LogP contribution is -2.19. The van der Waals surface area contributed by atoms with Gasteiger partial charge in [-0.05, 0) is 97.1 Å². The summed E-state index contributed by atoms with van der Waals surface area (Å²) in [6.07, 6.45) is 44.7. The summed E-state index contributed by atoms with van der Waals surface area (Å²) >= 11 is 0. The molecule has 0 aliphatic rings.